The van der Waals surface area contributed by atoms with Crippen LogP contribution in [-0.4, -0.2) is 39.3 Å². The average molecular weight is 332 g/mol. The zero-order chi connectivity index (χ0) is 14.6. The summed E-state index contributed by atoms with van der Waals surface area (Å²) in [6.07, 6.45) is 0.644. The highest BCUT2D eigenvalue weighted by atomic mass is 79.9. The number of ether oxygens (including phenoxy) is 2. The molecule has 0 saturated carbocycles. The highest BCUT2D eigenvalue weighted by Crippen LogP contribution is 2.40. The molecule has 0 aliphatic rings. The van der Waals surface area contributed by atoms with Gasteiger partial charge in [0.1, 0.15) is 0 Å². The van der Waals surface area contributed by atoms with Gasteiger partial charge in [-0.3, -0.25) is 9.63 Å². The van der Waals surface area contributed by atoms with Crippen LogP contribution in [0.25, 0.3) is 0 Å². The fraction of sp³-hybridized carbons (Fsp3) is 0.462. The molecule has 0 aromatic heterocycles. The number of methoxy groups -OCH3 is 2. The molecule has 6 heteroatoms. The lowest BCUT2D eigenvalue weighted by molar-refractivity contribution is -0.0757. The number of amides is 1. The maximum absolute atomic E-state index is 12.3. The van der Waals surface area contributed by atoms with E-state index < -0.39 is 0 Å². The standard InChI is InChI=1S/C13H18BrNO4/c1-6-8-9(13(16)15(2)19-5)7-10(14)12(18-4)11(8)17-3/h7H,6H2,1-5H3. The number of rotatable bonds is 5. The van der Waals surface area contributed by atoms with Crippen molar-refractivity contribution in [1.82, 2.24) is 5.06 Å². The van der Waals surface area contributed by atoms with E-state index in [-0.39, 0.29) is 5.91 Å². The predicted molar refractivity (Wildman–Crippen MR) is 75.7 cm³/mol. The van der Waals surface area contributed by atoms with Gasteiger partial charge in [0.25, 0.3) is 5.91 Å². The van der Waals surface area contributed by atoms with Gasteiger partial charge in [-0.25, -0.2) is 5.06 Å². The molecule has 0 bridgehead atoms. The van der Waals surface area contributed by atoms with Crippen LogP contribution < -0.4 is 9.47 Å². The van der Waals surface area contributed by atoms with Gasteiger partial charge in [0.05, 0.1) is 25.8 Å². The molecule has 0 atom stereocenters. The van der Waals surface area contributed by atoms with Gasteiger partial charge < -0.3 is 9.47 Å². The van der Waals surface area contributed by atoms with E-state index in [1.54, 1.807) is 27.3 Å². The first kappa shape index (κ1) is 15.8. The Hall–Kier alpha value is -1.27. The summed E-state index contributed by atoms with van der Waals surface area (Å²) in [6, 6.07) is 1.72. The third-order valence-corrected chi connectivity index (χ3v) is 3.43. The molecule has 1 rings (SSSR count). The third-order valence-electron chi connectivity index (χ3n) is 2.85. The first-order chi connectivity index (χ1) is 9.01. The Morgan fingerprint density at radius 3 is 2.26 bits per heavy atom. The van der Waals surface area contributed by atoms with E-state index in [4.69, 9.17) is 14.3 Å². The number of carbonyl (C=O) groups excluding carboxylic acids is 1. The molecule has 106 valence electrons. The molecule has 0 N–H and O–H groups in total. The van der Waals surface area contributed by atoms with Crippen LogP contribution in [0.1, 0.15) is 22.8 Å². The van der Waals surface area contributed by atoms with Crippen molar-refractivity contribution < 1.29 is 19.1 Å². The van der Waals surface area contributed by atoms with Crippen molar-refractivity contribution in [3.8, 4) is 11.5 Å². The Labute approximate surface area is 121 Å². The average Bonchev–Trinajstić information content (AvgIpc) is 2.43. The Balaban J connectivity index is 3.49. The lowest BCUT2D eigenvalue weighted by Gasteiger charge is -2.20. The molecule has 0 radical (unpaired) electrons. The van der Waals surface area contributed by atoms with Crippen LogP contribution in [0, 0.1) is 0 Å². The van der Waals surface area contributed by atoms with Crippen LogP contribution in [0.3, 0.4) is 0 Å². The van der Waals surface area contributed by atoms with Crippen LogP contribution in [0.4, 0.5) is 0 Å². The molecular formula is C13H18BrNO4. The molecule has 5 nitrogen and oxygen atoms in total. The highest BCUT2D eigenvalue weighted by molar-refractivity contribution is 9.10. The summed E-state index contributed by atoms with van der Waals surface area (Å²) in [6.45, 7) is 1.95. The van der Waals surface area contributed by atoms with E-state index in [1.165, 1.54) is 12.2 Å². The topological polar surface area (TPSA) is 48.0 Å². The van der Waals surface area contributed by atoms with Crippen molar-refractivity contribution in [2.24, 2.45) is 0 Å². The number of hydroxylamine groups is 2. The Bertz CT molecular complexity index is 476. The number of halogens is 1. The quantitative estimate of drug-likeness (QED) is 0.778. The maximum atomic E-state index is 12.3. The summed E-state index contributed by atoms with van der Waals surface area (Å²) in [5.41, 5.74) is 1.31. The minimum atomic E-state index is -0.235. The van der Waals surface area contributed by atoms with Gasteiger partial charge in [-0.15, -0.1) is 0 Å². The second kappa shape index (κ2) is 6.77. The summed E-state index contributed by atoms with van der Waals surface area (Å²) >= 11 is 3.39. The lowest BCUT2D eigenvalue weighted by Crippen LogP contribution is -2.26. The first-order valence-corrected chi connectivity index (χ1v) is 6.56. The maximum Gasteiger partial charge on any atom is 0.277 e. The monoisotopic (exact) mass is 331 g/mol. The smallest absolute Gasteiger partial charge is 0.277 e. The second-order valence-electron chi connectivity index (χ2n) is 3.79. The van der Waals surface area contributed by atoms with Crippen molar-refractivity contribution in [3.05, 3.63) is 21.7 Å². The van der Waals surface area contributed by atoms with E-state index >= 15 is 0 Å². The van der Waals surface area contributed by atoms with Crippen LogP contribution in [0.2, 0.25) is 0 Å². The minimum absolute atomic E-state index is 0.235. The molecule has 0 aliphatic heterocycles. The number of hydrogen-bond acceptors (Lipinski definition) is 4. The predicted octanol–water partition coefficient (Wildman–Crippen LogP) is 2.66. The molecule has 0 fully saturated rings. The molecule has 1 amide bonds. The van der Waals surface area contributed by atoms with Crippen LogP contribution in [0.5, 0.6) is 11.5 Å². The van der Waals surface area contributed by atoms with Crippen LogP contribution >= 0.6 is 15.9 Å². The van der Waals surface area contributed by atoms with Gasteiger partial charge in [-0.1, -0.05) is 6.92 Å². The van der Waals surface area contributed by atoms with Gasteiger partial charge in [-0.05, 0) is 28.4 Å². The van der Waals surface area contributed by atoms with Crippen molar-refractivity contribution in [3.63, 3.8) is 0 Å². The van der Waals surface area contributed by atoms with E-state index in [2.05, 4.69) is 15.9 Å². The Morgan fingerprint density at radius 2 is 1.84 bits per heavy atom. The van der Waals surface area contributed by atoms with Gasteiger partial charge in [-0.2, -0.15) is 0 Å². The summed E-state index contributed by atoms with van der Waals surface area (Å²) in [4.78, 5) is 17.2. The van der Waals surface area contributed by atoms with Gasteiger partial charge in [0, 0.05) is 18.2 Å². The first-order valence-electron chi connectivity index (χ1n) is 5.77. The van der Waals surface area contributed by atoms with E-state index in [0.717, 1.165) is 5.56 Å². The fourth-order valence-corrected chi connectivity index (χ4v) is 2.42. The summed E-state index contributed by atoms with van der Waals surface area (Å²) in [7, 11) is 6.12. The number of carbonyl (C=O) groups is 1. The van der Waals surface area contributed by atoms with Gasteiger partial charge in [0.2, 0.25) is 0 Å². The SMILES string of the molecule is CCc1c(C(=O)N(C)OC)cc(Br)c(OC)c1OC. The number of benzene rings is 1. The molecule has 1 aromatic carbocycles. The largest absolute Gasteiger partial charge is 0.493 e. The zero-order valence-electron chi connectivity index (χ0n) is 11.7. The molecule has 0 spiro atoms. The molecule has 1 aromatic rings. The molecule has 0 saturated heterocycles. The highest BCUT2D eigenvalue weighted by Gasteiger charge is 2.23. The van der Waals surface area contributed by atoms with Gasteiger partial charge in [0.15, 0.2) is 11.5 Å². The Kier molecular flexibility index (Phi) is 5.62. The second-order valence-corrected chi connectivity index (χ2v) is 4.64. The summed E-state index contributed by atoms with van der Waals surface area (Å²) in [5, 5.41) is 1.17. The zero-order valence-corrected chi connectivity index (χ0v) is 13.3. The van der Waals surface area contributed by atoms with Gasteiger partial charge >= 0.3 is 0 Å². The van der Waals surface area contributed by atoms with E-state index in [1.807, 2.05) is 6.92 Å². The normalized spacial score (nSPS) is 10.2. The number of hydrogen-bond donors (Lipinski definition) is 0. The minimum Gasteiger partial charge on any atom is -0.493 e. The fourth-order valence-electron chi connectivity index (χ4n) is 1.85. The number of nitrogens with zero attached hydrogens (tertiary/aromatic N) is 1. The third kappa shape index (κ3) is 3.01. The molecular weight excluding hydrogens is 314 g/mol. The Morgan fingerprint density at radius 1 is 1.26 bits per heavy atom. The molecule has 0 unspecified atom stereocenters. The summed E-state index contributed by atoms with van der Waals surface area (Å²) < 4.78 is 11.3. The molecule has 0 aliphatic carbocycles. The molecule has 0 heterocycles. The van der Waals surface area contributed by atoms with Crippen molar-refractivity contribution in [2.45, 2.75) is 13.3 Å². The molecule has 19 heavy (non-hydrogen) atoms. The van der Waals surface area contributed by atoms with Crippen LogP contribution in [0.15, 0.2) is 10.5 Å². The van der Waals surface area contributed by atoms with Crippen molar-refractivity contribution >= 4 is 21.8 Å². The van der Waals surface area contributed by atoms with Crippen molar-refractivity contribution in [2.75, 3.05) is 28.4 Å². The lowest BCUT2D eigenvalue weighted by atomic mass is 10.0. The van der Waals surface area contributed by atoms with E-state index in [9.17, 15) is 4.79 Å². The summed E-state index contributed by atoms with van der Waals surface area (Å²) in [5.74, 6) is 0.907. The van der Waals surface area contributed by atoms with Crippen LogP contribution in [-0.2, 0) is 11.3 Å². The van der Waals surface area contributed by atoms with E-state index in [0.29, 0.717) is 28.0 Å². The van der Waals surface area contributed by atoms with Crippen molar-refractivity contribution in [1.29, 1.82) is 0 Å².